The van der Waals surface area contributed by atoms with Crippen molar-refractivity contribution in [1.82, 2.24) is 19.3 Å². The monoisotopic (exact) mass is 374 g/mol. The number of ether oxygens (including phenoxy) is 1. The number of hydrogen-bond acceptors (Lipinski definition) is 4. The van der Waals surface area contributed by atoms with Gasteiger partial charge in [-0.15, -0.1) is 0 Å². The van der Waals surface area contributed by atoms with Crippen molar-refractivity contribution in [1.29, 1.82) is 0 Å². The highest BCUT2D eigenvalue weighted by Gasteiger charge is 2.22. The summed E-state index contributed by atoms with van der Waals surface area (Å²) in [6.07, 6.45) is 6.33. The lowest BCUT2D eigenvalue weighted by Crippen LogP contribution is -2.26. The van der Waals surface area contributed by atoms with Crippen LogP contribution in [0.15, 0.2) is 40.0 Å². The number of halogens is 1. The molecule has 6 nitrogen and oxygen atoms in total. The van der Waals surface area contributed by atoms with Crippen LogP contribution in [-0.4, -0.2) is 32.5 Å². The predicted molar refractivity (Wildman–Crippen MR) is 90.4 cm³/mol. The first-order valence-corrected chi connectivity index (χ1v) is 8.20. The van der Waals surface area contributed by atoms with E-state index in [1.165, 1.54) is 0 Å². The third-order valence-corrected chi connectivity index (χ3v) is 4.72. The minimum Gasteiger partial charge on any atom is -0.379 e. The summed E-state index contributed by atoms with van der Waals surface area (Å²) < 4.78 is 9.58. The van der Waals surface area contributed by atoms with E-state index in [2.05, 4.69) is 26.0 Å². The maximum atomic E-state index is 12.6. The van der Waals surface area contributed by atoms with Crippen molar-refractivity contribution in [3.63, 3.8) is 0 Å². The summed E-state index contributed by atoms with van der Waals surface area (Å²) >= 11 is 3.37. The van der Waals surface area contributed by atoms with Gasteiger partial charge < -0.3 is 9.30 Å². The lowest BCUT2D eigenvalue weighted by atomic mass is 10.1. The second-order valence-corrected chi connectivity index (χ2v) is 6.57. The van der Waals surface area contributed by atoms with Gasteiger partial charge in [0.2, 0.25) is 0 Å². The van der Waals surface area contributed by atoms with Crippen molar-refractivity contribution >= 4 is 26.8 Å². The van der Waals surface area contributed by atoms with Crippen LogP contribution in [-0.2, 0) is 11.8 Å². The smallest absolute Gasteiger partial charge is 0.265 e. The maximum absolute atomic E-state index is 12.6. The first-order valence-electron chi connectivity index (χ1n) is 7.41. The van der Waals surface area contributed by atoms with E-state index in [1.54, 1.807) is 17.1 Å². The number of aromatic nitrogens is 4. The normalized spacial score (nSPS) is 17.9. The summed E-state index contributed by atoms with van der Waals surface area (Å²) in [6, 6.07) is 3.84. The van der Waals surface area contributed by atoms with Crippen molar-refractivity contribution in [3.8, 4) is 11.3 Å². The second-order valence-electron chi connectivity index (χ2n) is 5.72. The van der Waals surface area contributed by atoms with Crippen LogP contribution < -0.4 is 5.56 Å². The van der Waals surface area contributed by atoms with Gasteiger partial charge in [0.1, 0.15) is 0 Å². The molecule has 1 unspecified atom stereocenters. The Hall–Kier alpha value is -1.99. The fourth-order valence-electron chi connectivity index (χ4n) is 3.00. The molecule has 7 heteroatoms. The second kappa shape index (κ2) is 5.58. The van der Waals surface area contributed by atoms with Crippen LogP contribution >= 0.6 is 15.9 Å². The lowest BCUT2D eigenvalue weighted by Gasteiger charge is -2.16. The maximum Gasteiger partial charge on any atom is 0.265 e. The molecular formula is C16H15BrN4O2. The van der Waals surface area contributed by atoms with E-state index in [-0.39, 0.29) is 11.6 Å². The van der Waals surface area contributed by atoms with Gasteiger partial charge in [0.05, 0.1) is 34.5 Å². The Morgan fingerprint density at radius 1 is 1.35 bits per heavy atom. The van der Waals surface area contributed by atoms with Crippen molar-refractivity contribution < 1.29 is 4.74 Å². The van der Waals surface area contributed by atoms with Gasteiger partial charge in [-0.2, -0.15) is 5.10 Å². The molecule has 1 aliphatic heterocycles. The van der Waals surface area contributed by atoms with E-state index < -0.39 is 0 Å². The molecule has 0 saturated carbocycles. The molecule has 1 fully saturated rings. The molecule has 0 radical (unpaired) electrons. The molecule has 0 spiro atoms. The fraction of sp³-hybridized carbons (Fsp3) is 0.312. The fourth-order valence-corrected chi connectivity index (χ4v) is 3.44. The highest BCUT2D eigenvalue weighted by atomic mass is 79.9. The van der Waals surface area contributed by atoms with Gasteiger partial charge in [-0.05, 0) is 34.5 Å². The van der Waals surface area contributed by atoms with Crippen LogP contribution in [0.5, 0.6) is 0 Å². The lowest BCUT2D eigenvalue weighted by molar-refractivity contribution is 0.186. The van der Waals surface area contributed by atoms with Gasteiger partial charge in [-0.25, -0.2) is 0 Å². The van der Waals surface area contributed by atoms with Gasteiger partial charge in [-0.1, -0.05) is 0 Å². The van der Waals surface area contributed by atoms with Crippen LogP contribution in [0.4, 0.5) is 0 Å². The van der Waals surface area contributed by atoms with E-state index >= 15 is 0 Å². The first kappa shape index (κ1) is 14.6. The molecule has 0 N–H and O–H groups in total. The minimum absolute atomic E-state index is 0.0312. The summed E-state index contributed by atoms with van der Waals surface area (Å²) in [5.41, 5.74) is 2.58. The molecule has 1 aliphatic rings. The summed E-state index contributed by atoms with van der Waals surface area (Å²) in [4.78, 5) is 17.2. The Bertz CT molecular complexity index is 941. The molecule has 4 rings (SSSR count). The third-order valence-electron chi connectivity index (χ3n) is 4.15. The average molecular weight is 375 g/mol. The summed E-state index contributed by atoms with van der Waals surface area (Å²) in [5.74, 6) is 0. The molecule has 1 saturated heterocycles. The molecule has 1 atom stereocenters. The van der Waals surface area contributed by atoms with E-state index in [1.807, 2.05) is 29.9 Å². The van der Waals surface area contributed by atoms with Crippen LogP contribution in [0.25, 0.3) is 22.2 Å². The molecule has 0 amide bonds. The summed E-state index contributed by atoms with van der Waals surface area (Å²) in [7, 11) is 1.87. The first-order chi connectivity index (χ1) is 11.1. The SMILES string of the molecule is Cn1cc(-c2cc3c(cn2)cc(Br)c(=O)n3C2CCOC2)cn1. The molecule has 3 aromatic rings. The molecule has 0 bridgehead atoms. The van der Waals surface area contributed by atoms with Crippen molar-refractivity contribution in [3.05, 3.63) is 45.5 Å². The third kappa shape index (κ3) is 2.49. The molecular weight excluding hydrogens is 360 g/mol. The Morgan fingerprint density at radius 3 is 2.91 bits per heavy atom. The Morgan fingerprint density at radius 2 is 2.22 bits per heavy atom. The number of fused-ring (bicyclic) bond motifs is 1. The van der Waals surface area contributed by atoms with Gasteiger partial charge in [0.25, 0.3) is 5.56 Å². The zero-order chi connectivity index (χ0) is 16.0. The standard InChI is InChI=1S/C16H15BrN4O2/c1-20-8-11(7-19-20)14-5-15-10(6-18-14)4-13(17)16(22)21(15)12-2-3-23-9-12/h4-8,12H,2-3,9H2,1H3. The summed E-state index contributed by atoms with van der Waals surface area (Å²) in [6.45, 7) is 1.25. The number of rotatable bonds is 2. The van der Waals surface area contributed by atoms with Crippen LogP contribution in [0.2, 0.25) is 0 Å². The molecule has 23 heavy (non-hydrogen) atoms. The predicted octanol–water partition coefficient (Wildman–Crippen LogP) is 2.52. The molecule has 0 aromatic carbocycles. The van der Waals surface area contributed by atoms with E-state index in [4.69, 9.17) is 4.74 Å². The van der Waals surface area contributed by atoms with Crippen molar-refractivity contribution in [2.45, 2.75) is 12.5 Å². The Balaban J connectivity index is 1.97. The van der Waals surface area contributed by atoms with Crippen LogP contribution in [0, 0.1) is 0 Å². The van der Waals surface area contributed by atoms with Crippen LogP contribution in [0.1, 0.15) is 12.5 Å². The van der Waals surface area contributed by atoms with E-state index in [0.717, 1.165) is 28.6 Å². The topological polar surface area (TPSA) is 61.9 Å². The highest BCUT2D eigenvalue weighted by Crippen LogP contribution is 2.27. The zero-order valence-corrected chi connectivity index (χ0v) is 14.2. The quantitative estimate of drug-likeness (QED) is 0.691. The zero-order valence-electron chi connectivity index (χ0n) is 12.6. The largest absolute Gasteiger partial charge is 0.379 e. The van der Waals surface area contributed by atoms with Gasteiger partial charge in [-0.3, -0.25) is 14.5 Å². The van der Waals surface area contributed by atoms with Gasteiger partial charge >= 0.3 is 0 Å². The summed E-state index contributed by atoms with van der Waals surface area (Å²) in [5, 5.41) is 5.11. The highest BCUT2D eigenvalue weighted by molar-refractivity contribution is 9.10. The number of hydrogen-bond donors (Lipinski definition) is 0. The Kier molecular flexibility index (Phi) is 3.54. The molecule has 0 aliphatic carbocycles. The van der Waals surface area contributed by atoms with Crippen LogP contribution in [0.3, 0.4) is 0 Å². The number of aryl methyl sites for hydroxylation is 1. The van der Waals surface area contributed by atoms with E-state index in [0.29, 0.717) is 17.7 Å². The molecule has 118 valence electrons. The van der Waals surface area contributed by atoms with Gasteiger partial charge in [0, 0.05) is 37.0 Å². The van der Waals surface area contributed by atoms with Crippen molar-refractivity contribution in [2.75, 3.05) is 13.2 Å². The van der Waals surface area contributed by atoms with E-state index in [9.17, 15) is 4.79 Å². The minimum atomic E-state index is -0.0312. The Labute approximate surface area is 140 Å². The van der Waals surface area contributed by atoms with Crippen molar-refractivity contribution in [2.24, 2.45) is 7.05 Å². The average Bonchev–Trinajstić information content (AvgIpc) is 3.20. The molecule has 3 aromatic heterocycles. The molecule has 4 heterocycles. The number of nitrogens with zero attached hydrogens (tertiary/aromatic N) is 4. The number of pyridine rings is 2. The van der Waals surface area contributed by atoms with Gasteiger partial charge in [0.15, 0.2) is 0 Å².